The minimum atomic E-state index is 0.0409. The van der Waals surface area contributed by atoms with E-state index in [4.69, 9.17) is 0 Å². The van der Waals surface area contributed by atoms with Gasteiger partial charge in [-0.05, 0) is 23.1 Å². The Morgan fingerprint density at radius 1 is 1.06 bits per heavy atom. The zero-order valence-corrected chi connectivity index (χ0v) is 12.5. The monoisotopic (exact) mass is 248 g/mol. The molecule has 0 saturated heterocycles. The molecule has 1 aromatic rings. The van der Waals surface area contributed by atoms with Gasteiger partial charge in [-0.25, -0.2) is 0 Å². The molecule has 0 aliphatic carbocycles. The fourth-order valence-electron chi connectivity index (χ4n) is 1.79. The van der Waals surface area contributed by atoms with Crippen LogP contribution in [0.3, 0.4) is 0 Å². The fourth-order valence-corrected chi connectivity index (χ4v) is 1.79. The SMILES string of the molecule is CN(C)C(=O)c1ccc(C(C)(C)C)cc1N(C)C. The van der Waals surface area contributed by atoms with Gasteiger partial charge in [0.2, 0.25) is 0 Å². The molecule has 0 bridgehead atoms. The zero-order valence-electron chi connectivity index (χ0n) is 12.5. The van der Waals surface area contributed by atoms with Crippen LogP contribution in [0, 0.1) is 0 Å². The summed E-state index contributed by atoms with van der Waals surface area (Å²) >= 11 is 0. The van der Waals surface area contributed by atoms with E-state index in [1.54, 1.807) is 19.0 Å². The van der Waals surface area contributed by atoms with Crippen LogP contribution in [0.25, 0.3) is 0 Å². The zero-order chi connectivity index (χ0) is 14.1. The minimum absolute atomic E-state index is 0.0409. The van der Waals surface area contributed by atoms with E-state index in [0.717, 1.165) is 11.3 Å². The van der Waals surface area contributed by atoms with Gasteiger partial charge in [0.1, 0.15) is 0 Å². The molecule has 0 aliphatic rings. The van der Waals surface area contributed by atoms with Crippen molar-refractivity contribution >= 4 is 11.6 Å². The van der Waals surface area contributed by atoms with Crippen LogP contribution in [0.5, 0.6) is 0 Å². The average Bonchev–Trinajstić information content (AvgIpc) is 2.25. The number of hydrogen-bond acceptors (Lipinski definition) is 2. The van der Waals surface area contributed by atoms with Crippen LogP contribution in [0.2, 0.25) is 0 Å². The summed E-state index contributed by atoms with van der Waals surface area (Å²) in [5.74, 6) is 0.0409. The van der Waals surface area contributed by atoms with Crippen molar-refractivity contribution in [2.45, 2.75) is 26.2 Å². The molecule has 0 N–H and O–H groups in total. The Labute approximate surface area is 110 Å². The largest absolute Gasteiger partial charge is 0.377 e. The first-order valence-corrected chi connectivity index (χ1v) is 6.18. The van der Waals surface area contributed by atoms with Crippen molar-refractivity contribution in [2.24, 2.45) is 0 Å². The Hall–Kier alpha value is -1.51. The van der Waals surface area contributed by atoms with E-state index in [-0.39, 0.29) is 11.3 Å². The molecule has 0 atom stereocenters. The first-order valence-electron chi connectivity index (χ1n) is 6.18. The number of carbonyl (C=O) groups is 1. The van der Waals surface area contributed by atoms with E-state index in [0.29, 0.717) is 0 Å². The summed E-state index contributed by atoms with van der Waals surface area (Å²) in [5, 5.41) is 0. The molecule has 18 heavy (non-hydrogen) atoms. The molecule has 0 heterocycles. The standard InChI is InChI=1S/C15H24N2O/c1-15(2,3)11-8-9-12(14(18)17(6)7)13(10-11)16(4)5/h8-10H,1-7H3. The first kappa shape index (κ1) is 14.6. The van der Waals surface area contributed by atoms with Crippen LogP contribution in [0.4, 0.5) is 5.69 Å². The van der Waals surface area contributed by atoms with Gasteiger partial charge in [-0.3, -0.25) is 4.79 Å². The lowest BCUT2D eigenvalue weighted by molar-refractivity contribution is 0.0828. The predicted molar refractivity (Wildman–Crippen MR) is 77.5 cm³/mol. The molecule has 3 nitrogen and oxygen atoms in total. The normalized spacial score (nSPS) is 11.3. The highest BCUT2D eigenvalue weighted by molar-refractivity contribution is 5.99. The van der Waals surface area contributed by atoms with Crippen LogP contribution in [0.15, 0.2) is 18.2 Å². The van der Waals surface area contributed by atoms with Crippen molar-refractivity contribution in [3.8, 4) is 0 Å². The average molecular weight is 248 g/mol. The maximum absolute atomic E-state index is 12.1. The van der Waals surface area contributed by atoms with E-state index in [1.807, 2.05) is 31.1 Å². The van der Waals surface area contributed by atoms with Gasteiger partial charge in [0.05, 0.1) is 5.56 Å². The first-order chi connectivity index (χ1) is 8.14. The third-order valence-corrected chi connectivity index (χ3v) is 2.98. The van der Waals surface area contributed by atoms with Crippen molar-refractivity contribution < 1.29 is 4.79 Å². The van der Waals surface area contributed by atoms with Crippen LogP contribution >= 0.6 is 0 Å². The van der Waals surface area contributed by atoms with E-state index >= 15 is 0 Å². The summed E-state index contributed by atoms with van der Waals surface area (Å²) in [5.41, 5.74) is 3.05. The quantitative estimate of drug-likeness (QED) is 0.803. The molecule has 100 valence electrons. The highest BCUT2D eigenvalue weighted by Crippen LogP contribution is 2.29. The topological polar surface area (TPSA) is 23.6 Å². The Kier molecular flexibility index (Phi) is 4.05. The molecule has 0 aromatic heterocycles. The summed E-state index contributed by atoms with van der Waals surface area (Å²) in [6.07, 6.45) is 0. The summed E-state index contributed by atoms with van der Waals surface area (Å²) in [7, 11) is 7.49. The van der Waals surface area contributed by atoms with E-state index in [9.17, 15) is 4.79 Å². The van der Waals surface area contributed by atoms with Gasteiger partial charge in [0, 0.05) is 33.9 Å². The van der Waals surface area contributed by atoms with Gasteiger partial charge in [-0.1, -0.05) is 26.8 Å². The number of benzene rings is 1. The van der Waals surface area contributed by atoms with Gasteiger partial charge in [0.25, 0.3) is 5.91 Å². The summed E-state index contributed by atoms with van der Waals surface area (Å²) in [6.45, 7) is 6.53. The second-order valence-electron chi connectivity index (χ2n) is 6.08. The highest BCUT2D eigenvalue weighted by atomic mass is 16.2. The number of anilines is 1. The molecular formula is C15H24N2O. The maximum atomic E-state index is 12.1. The van der Waals surface area contributed by atoms with Gasteiger partial charge >= 0.3 is 0 Å². The Morgan fingerprint density at radius 3 is 2.00 bits per heavy atom. The number of nitrogens with zero attached hydrogens (tertiary/aromatic N) is 2. The molecule has 0 fully saturated rings. The smallest absolute Gasteiger partial charge is 0.255 e. The molecule has 0 radical (unpaired) electrons. The van der Waals surface area contributed by atoms with Crippen molar-refractivity contribution in [3.05, 3.63) is 29.3 Å². The summed E-state index contributed by atoms with van der Waals surface area (Å²) in [6, 6.07) is 6.08. The van der Waals surface area contributed by atoms with Gasteiger partial charge in [-0.15, -0.1) is 0 Å². The third kappa shape index (κ3) is 3.03. The van der Waals surface area contributed by atoms with Crippen molar-refractivity contribution in [3.63, 3.8) is 0 Å². The van der Waals surface area contributed by atoms with Crippen molar-refractivity contribution in [2.75, 3.05) is 33.1 Å². The number of carbonyl (C=O) groups excluding carboxylic acids is 1. The van der Waals surface area contributed by atoms with E-state index in [1.165, 1.54) is 5.56 Å². The van der Waals surface area contributed by atoms with E-state index < -0.39 is 0 Å². The third-order valence-electron chi connectivity index (χ3n) is 2.98. The van der Waals surface area contributed by atoms with Gasteiger partial charge in [-0.2, -0.15) is 0 Å². The molecule has 0 aliphatic heterocycles. The van der Waals surface area contributed by atoms with Crippen LogP contribution < -0.4 is 4.90 Å². The van der Waals surface area contributed by atoms with Crippen LogP contribution in [0.1, 0.15) is 36.7 Å². The molecule has 0 saturated carbocycles. The van der Waals surface area contributed by atoms with Crippen molar-refractivity contribution in [1.82, 2.24) is 4.90 Å². The maximum Gasteiger partial charge on any atom is 0.255 e. The van der Waals surface area contributed by atoms with Gasteiger partial charge < -0.3 is 9.80 Å². The second-order valence-corrected chi connectivity index (χ2v) is 6.08. The molecule has 1 amide bonds. The molecule has 0 spiro atoms. The summed E-state index contributed by atoms with van der Waals surface area (Å²) in [4.78, 5) is 15.7. The second kappa shape index (κ2) is 5.01. The summed E-state index contributed by atoms with van der Waals surface area (Å²) < 4.78 is 0. The molecular weight excluding hydrogens is 224 g/mol. The Morgan fingerprint density at radius 2 is 1.61 bits per heavy atom. The minimum Gasteiger partial charge on any atom is -0.377 e. The highest BCUT2D eigenvalue weighted by Gasteiger charge is 2.19. The molecule has 3 heteroatoms. The number of hydrogen-bond donors (Lipinski definition) is 0. The Balaban J connectivity index is 3.34. The lowest BCUT2D eigenvalue weighted by Gasteiger charge is -2.25. The molecule has 1 rings (SSSR count). The van der Waals surface area contributed by atoms with E-state index in [2.05, 4.69) is 26.8 Å². The molecule has 1 aromatic carbocycles. The molecule has 0 unspecified atom stereocenters. The Bertz CT molecular complexity index is 442. The van der Waals surface area contributed by atoms with Crippen LogP contribution in [-0.4, -0.2) is 39.0 Å². The number of amides is 1. The lowest BCUT2D eigenvalue weighted by atomic mass is 9.86. The lowest BCUT2D eigenvalue weighted by Crippen LogP contribution is -2.25. The van der Waals surface area contributed by atoms with Crippen LogP contribution in [-0.2, 0) is 5.41 Å². The predicted octanol–water partition coefficient (Wildman–Crippen LogP) is 2.75. The van der Waals surface area contributed by atoms with Crippen molar-refractivity contribution in [1.29, 1.82) is 0 Å². The fraction of sp³-hybridized carbons (Fsp3) is 0.533. The van der Waals surface area contributed by atoms with Gasteiger partial charge in [0.15, 0.2) is 0 Å². The number of rotatable bonds is 2.